The fraction of sp³-hybridized carbons (Fsp3) is 0.667. The minimum atomic E-state index is -4.73. The number of nitrogens with one attached hydrogen (secondary N) is 1. The summed E-state index contributed by atoms with van der Waals surface area (Å²) in [5.41, 5.74) is 0. The van der Waals surface area contributed by atoms with E-state index in [-0.39, 0.29) is 31.3 Å². The van der Waals surface area contributed by atoms with Crippen LogP contribution in [0.1, 0.15) is 258 Å². The van der Waals surface area contributed by atoms with Crippen molar-refractivity contribution in [3.05, 3.63) is 134 Å². The number of ether oxygens (including phenoxy) is 1. The summed E-state index contributed by atoms with van der Waals surface area (Å²) >= 11 is 0. The quantitative estimate of drug-likeness (QED) is 0.0212. The number of unbranched alkanes of at least 4 members (excludes halogenated alkanes) is 22. The van der Waals surface area contributed by atoms with E-state index in [0.29, 0.717) is 23.9 Å². The average Bonchev–Trinajstić information content (AvgIpc) is 3.45. The Bertz CT molecular complexity index is 1860. The van der Waals surface area contributed by atoms with Crippen molar-refractivity contribution in [2.75, 3.05) is 40.9 Å². The van der Waals surface area contributed by atoms with Gasteiger partial charge in [0.1, 0.15) is 19.3 Å². The topological polar surface area (TPSA) is 114 Å². The SMILES string of the molecule is CC/C=C\C/C=C\C/C=C\C/C=C\C/C=C\CCCCCCCCCCCCCC(=O)OC(/C=C\CCCCCCCCCCCCC)C(COP(=O)([O-])OCC[N+](C)(C)C)NC(=O)CC/C=C/C/C=C/C/C=C/C/C=C/C/C=C/CC. The molecule has 0 aromatic rings. The first-order chi connectivity index (χ1) is 39.9. The number of quaternary nitrogens is 1. The van der Waals surface area contributed by atoms with Gasteiger partial charge in [-0.05, 0) is 109 Å². The number of amides is 1. The molecule has 0 saturated heterocycles. The standard InChI is InChI=1S/C72H123N2O7P/c1-7-10-13-16-19-22-25-28-30-32-33-34-35-36-37-38-39-40-41-42-44-47-50-53-56-59-62-65-72(76)81-70(63-60-57-54-51-48-45-27-24-21-18-15-12-9-3)69(68-80-82(77,78)79-67-66-74(4,5)6)73-71(75)64-61-58-55-52-49-46-43-31-29-26-23-20-17-14-11-8-2/h10-11,13-14,19-20,22-23,28-31,33-34,36-37,46,49,55,58,60,63,69-70H,7-9,12,15-18,21,24-27,32,35,38-45,47-48,50-54,56-57,59,61-62,64-68H2,1-6H3,(H-,73,75,77,78)/b13-10-,14-11+,22-19-,23-20+,30-28-,31-29+,34-33-,37-36-,49-46+,58-55+,63-60-. The van der Waals surface area contributed by atoms with E-state index in [1.807, 2.05) is 45.4 Å². The van der Waals surface area contributed by atoms with Crippen molar-refractivity contribution >= 4 is 19.7 Å². The molecule has 1 amide bonds. The van der Waals surface area contributed by atoms with Crippen LogP contribution in [0.5, 0.6) is 0 Å². The van der Waals surface area contributed by atoms with Gasteiger partial charge in [0.2, 0.25) is 5.91 Å². The van der Waals surface area contributed by atoms with Crippen LogP contribution in [-0.4, -0.2) is 69.4 Å². The highest BCUT2D eigenvalue weighted by Crippen LogP contribution is 2.38. The second kappa shape index (κ2) is 60.3. The molecule has 0 aromatic heterocycles. The molecular formula is C72H123N2O7P. The maximum atomic E-state index is 13.5. The zero-order valence-corrected chi connectivity index (χ0v) is 54.3. The van der Waals surface area contributed by atoms with Gasteiger partial charge in [0.25, 0.3) is 7.82 Å². The van der Waals surface area contributed by atoms with Gasteiger partial charge in [-0.15, -0.1) is 0 Å². The number of likely N-dealkylation sites (N-methyl/N-ethyl adjacent to an activating group) is 1. The first kappa shape index (κ1) is 78.1. The lowest BCUT2D eigenvalue weighted by atomic mass is 10.0. The molecule has 0 aliphatic rings. The van der Waals surface area contributed by atoms with Gasteiger partial charge < -0.3 is 28.5 Å². The lowest BCUT2D eigenvalue weighted by Gasteiger charge is -2.30. The smallest absolute Gasteiger partial charge is 0.306 e. The van der Waals surface area contributed by atoms with Crippen LogP contribution in [0.3, 0.4) is 0 Å². The molecule has 3 unspecified atom stereocenters. The Labute approximate surface area is 505 Å². The van der Waals surface area contributed by atoms with Crippen LogP contribution in [-0.2, 0) is 27.9 Å². The van der Waals surface area contributed by atoms with Crippen LogP contribution in [0.15, 0.2) is 134 Å². The summed E-state index contributed by atoms with van der Waals surface area (Å²) in [7, 11) is 1.12. The molecule has 0 spiro atoms. The van der Waals surface area contributed by atoms with Gasteiger partial charge in [-0.3, -0.25) is 14.2 Å². The zero-order valence-electron chi connectivity index (χ0n) is 53.4. The minimum Gasteiger partial charge on any atom is -0.756 e. The van der Waals surface area contributed by atoms with Crippen LogP contribution in [0.25, 0.3) is 0 Å². The van der Waals surface area contributed by atoms with Crippen LogP contribution >= 0.6 is 7.82 Å². The lowest BCUT2D eigenvalue weighted by Crippen LogP contribution is -2.47. The Balaban J connectivity index is 5.21. The average molecular weight is 1160 g/mol. The van der Waals surface area contributed by atoms with Gasteiger partial charge in [-0.25, -0.2) is 0 Å². The number of allylic oxidation sites excluding steroid dienone is 21. The zero-order chi connectivity index (χ0) is 60.0. The number of carbonyl (C=O) groups is 2. The Morgan fingerprint density at radius 1 is 0.439 bits per heavy atom. The Kier molecular flexibility index (Phi) is 57.4. The van der Waals surface area contributed by atoms with Crippen molar-refractivity contribution < 1.29 is 37.3 Å². The molecule has 0 heterocycles. The van der Waals surface area contributed by atoms with Gasteiger partial charge in [-0.1, -0.05) is 270 Å². The highest BCUT2D eigenvalue weighted by Gasteiger charge is 2.27. The van der Waals surface area contributed by atoms with E-state index in [1.54, 1.807) is 0 Å². The number of rotatable bonds is 58. The van der Waals surface area contributed by atoms with E-state index in [0.717, 1.165) is 109 Å². The summed E-state index contributed by atoms with van der Waals surface area (Å²) < 4.78 is 30.3. The molecule has 1 N–H and O–H groups in total. The number of hydrogen-bond donors (Lipinski definition) is 1. The van der Waals surface area contributed by atoms with Gasteiger partial charge in [0.05, 0.1) is 33.8 Å². The molecule has 0 fully saturated rings. The Hall–Kier alpha value is -3.85. The van der Waals surface area contributed by atoms with Crippen molar-refractivity contribution in [1.82, 2.24) is 5.32 Å². The third kappa shape index (κ3) is 60.7. The molecule has 0 aliphatic heterocycles. The highest BCUT2D eigenvalue weighted by molar-refractivity contribution is 7.45. The van der Waals surface area contributed by atoms with E-state index in [1.165, 1.54) is 103 Å². The molecule has 0 saturated carbocycles. The number of carbonyl (C=O) groups excluding carboxylic acids is 2. The predicted molar refractivity (Wildman–Crippen MR) is 353 cm³/mol. The summed E-state index contributed by atoms with van der Waals surface area (Å²) in [6.07, 6.45) is 85.9. The lowest BCUT2D eigenvalue weighted by molar-refractivity contribution is -0.870. The predicted octanol–water partition coefficient (Wildman–Crippen LogP) is 20.2. The van der Waals surface area contributed by atoms with Gasteiger partial charge >= 0.3 is 5.97 Å². The normalized spacial score (nSPS) is 14.5. The molecular weight excluding hydrogens is 1040 g/mol. The second-order valence-electron chi connectivity index (χ2n) is 22.9. The number of esters is 1. The largest absolute Gasteiger partial charge is 0.756 e. The summed E-state index contributed by atoms with van der Waals surface area (Å²) in [6, 6.07) is -0.938. The van der Waals surface area contributed by atoms with Crippen LogP contribution in [0, 0.1) is 0 Å². The van der Waals surface area contributed by atoms with Gasteiger partial charge in [0.15, 0.2) is 0 Å². The molecule has 0 aromatic carbocycles. The maximum absolute atomic E-state index is 13.5. The summed E-state index contributed by atoms with van der Waals surface area (Å²) in [5.74, 6) is -0.647. The van der Waals surface area contributed by atoms with Gasteiger partial charge in [-0.2, -0.15) is 0 Å². The van der Waals surface area contributed by atoms with Crippen molar-refractivity contribution in [2.45, 2.75) is 270 Å². The number of hydrogen-bond acceptors (Lipinski definition) is 7. The molecule has 9 nitrogen and oxygen atoms in total. The van der Waals surface area contributed by atoms with Crippen molar-refractivity contribution in [1.29, 1.82) is 0 Å². The Morgan fingerprint density at radius 3 is 1.20 bits per heavy atom. The van der Waals surface area contributed by atoms with Crippen molar-refractivity contribution in [3.8, 4) is 0 Å². The third-order valence-electron chi connectivity index (χ3n) is 13.8. The third-order valence-corrected chi connectivity index (χ3v) is 14.8. The molecule has 0 radical (unpaired) electrons. The number of phosphoric ester groups is 1. The fourth-order valence-electron chi connectivity index (χ4n) is 8.83. The number of nitrogens with zero attached hydrogens (tertiary/aromatic N) is 1. The molecule has 3 atom stereocenters. The van der Waals surface area contributed by atoms with Crippen molar-refractivity contribution in [2.24, 2.45) is 0 Å². The van der Waals surface area contributed by atoms with E-state index < -0.39 is 26.6 Å². The monoisotopic (exact) mass is 1160 g/mol. The van der Waals surface area contributed by atoms with E-state index in [9.17, 15) is 19.0 Å². The first-order valence-corrected chi connectivity index (χ1v) is 34.5. The van der Waals surface area contributed by atoms with E-state index >= 15 is 0 Å². The molecule has 0 rings (SSSR count). The van der Waals surface area contributed by atoms with E-state index in [2.05, 4.69) is 135 Å². The highest BCUT2D eigenvalue weighted by atomic mass is 31.2. The summed E-state index contributed by atoms with van der Waals surface area (Å²) in [4.78, 5) is 40.0. The molecule has 10 heteroatoms. The first-order valence-electron chi connectivity index (χ1n) is 33.0. The summed E-state index contributed by atoms with van der Waals surface area (Å²) in [6.45, 7) is 6.55. The van der Waals surface area contributed by atoms with Crippen LogP contribution < -0.4 is 10.2 Å². The summed E-state index contributed by atoms with van der Waals surface area (Å²) in [5, 5.41) is 2.98. The van der Waals surface area contributed by atoms with Crippen LogP contribution in [0.2, 0.25) is 0 Å². The van der Waals surface area contributed by atoms with Crippen LogP contribution in [0.4, 0.5) is 0 Å². The molecule has 468 valence electrons. The fourth-order valence-corrected chi connectivity index (χ4v) is 9.55. The minimum absolute atomic E-state index is 0.0424. The molecule has 0 bridgehead atoms. The molecule has 82 heavy (non-hydrogen) atoms. The van der Waals surface area contributed by atoms with Crippen molar-refractivity contribution in [3.63, 3.8) is 0 Å². The number of phosphoric acid groups is 1. The van der Waals surface area contributed by atoms with Gasteiger partial charge in [0, 0.05) is 12.8 Å². The maximum Gasteiger partial charge on any atom is 0.306 e. The second-order valence-corrected chi connectivity index (χ2v) is 24.3. The molecule has 0 aliphatic carbocycles. The Morgan fingerprint density at radius 2 is 0.793 bits per heavy atom. The van der Waals surface area contributed by atoms with E-state index in [4.69, 9.17) is 13.8 Å².